The lowest BCUT2D eigenvalue weighted by Crippen LogP contribution is -1.86. The van der Waals surface area contributed by atoms with Crippen LogP contribution in [0.5, 0.6) is 0 Å². The van der Waals surface area contributed by atoms with Gasteiger partial charge in [0.2, 0.25) is 0 Å². The fourth-order valence-corrected chi connectivity index (χ4v) is 2.25. The summed E-state index contributed by atoms with van der Waals surface area (Å²) in [4.78, 5) is 4.40. The molecule has 18 heavy (non-hydrogen) atoms. The summed E-state index contributed by atoms with van der Waals surface area (Å²) in [6.45, 7) is 3.88. The second-order valence-electron chi connectivity index (χ2n) is 4.17. The van der Waals surface area contributed by atoms with Crippen LogP contribution in [0.25, 0.3) is 28.1 Å². The first-order chi connectivity index (χ1) is 8.90. The number of fused-ring (bicyclic) bond motifs is 1. The topological polar surface area (TPSA) is 12.9 Å². The Bertz CT molecular complexity index is 708. The summed E-state index contributed by atoms with van der Waals surface area (Å²) < 4.78 is 0. The molecule has 1 heterocycles. The molecule has 2 aromatic carbocycles. The van der Waals surface area contributed by atoms with Crippen molar-refractivity contribution in [3.05, 3.63) is 72.9 Å². The van der Waals surface area contributed by atoms with E-state index in [1.165, 1.54) is 16.5 Å². The van der Waals surface area contributed by atoms with Gasteiger partial charge in [0.15, 0.2) is 0 Å². The van der Waals surface area contributed by atoms with Crippen LogP contribution < -0.4 is 0 Å². The molecule has 0 radical (unpaired) electrons. The summed E-state index contributed by atoms with van der Waals surface area (Å²) in [5.74, 6) is 0. The van der Waals surface area contributed by atoms with Gasteiger partial charge in [0.25, 0.3) is 0 Å². The third-order valence-electron chi connectivity index (χ3n) is 3.12. The molecule has 0 amide bonds. The van der Waals surface area contributed by atoms with Crippen molar-refractivity contribution in [3.63, 3.8) is 0 Å². The number of hydrogen-bond donors (Lipinski definition) is 0. The Balaban J connectivity index is 2.35. The van der Waals surface area contributed by atoms with Crippen LogP contribution in [0.15, 0.2) is 67.4 Å². The minimum atomic E-state index is 1.02. The number of aromatic nitrogens is 1. The van der Waals surface area contributed by atoms with E-state index in [1.807, 2.05) is 36.5 Å². The average Bonchev–Trinajstić information content (AvgIpc) is 2.46. The van der Waals surface area contributed by atoms with Gasteiger partial charge in [-0.15, -0.1) is 0 Å². The SMILES string of the molecule is C=Cc1ccccc1-c1ccnc2ccccc12. The van der Waals surface area contributed by atoms with E-state index in [9.17, 15) is 0 Å². The van der Waals surface area contributed by atoms with Gasteiger partial charge in [-0.25, -0.2) is 0 Å². The van der Waals surface area contributed by atoms with Gasteiger partial charge < -0.3 is 0 Å². The maximum Gasteiger partial charge on any atom is 0.0708 e. The molecule has 0 saturated heterocycles. The van der Waals surface area contributed by atoms with E-state index in [0.29, 0.717) is 0 Å². The van der Waals surface area contributed by atoms with Crippen LogP contribution in [0.4, 0.5) is 0 Å². The zero-order valence-electron chi connectivity index (χ0n) is 10.0. The lowest BCUT2D eigenvalue weighted by atomic mass is 9.97. The first-order valence-electron chi connectivity index (χ1n) is 5.96. The highest BCUT2D eigenvalue weighted by Crippen LogP contribution is 2.30. The van der Waals surface area contributed by atoms with Gasteiger partial charge in [-0.2, -0.15) is 0 Å². The van der Waals surface area contributed by atoms with Crippen molar-refractivity contribution in [2.75, 3.05) is 0 Å². The molecule has 3 rings (SSSR count). The largest absolute Gasteiger partial charge is 0.256 e. The second-order valence-corrected chi connectivity index (χ2v) is 4.17. The number of nitrogens with zero attached hydrogens (tertiary/aromatic N) is 1. The number of benzene rings is 2. The van der Waals surface area contributed by atoms with Crippen LogP contribution in [-0.4, -0.2) is 4.98 Å². The van der Waals surface area contributed by atoms with Crippen molar-refractivity contribution in [1.82, 2.24) is 4.98 Å². The molecule has 86 valence electrons. The minimum Gasteiger partial charge on any atom is -0.256 e. The van der Waals surface area contributed by atoms with Gasteiger partial charge in [-0.1, -0.05) is 55.1 Å². The summed E-state index contributed by atoms with van der Waals surface area (Å²) in [7, 11) is 0. The molecule has 0 fully saturated rings. The number of para-hydroxylation sites is 1. The van der Waals surface area contributed by atoms with Gasteiger partial charge in [-0.05, 0) is 28.8 Å². The fraction of sp³-hybridized carbons (Fsp3) is 0. The molecule has 0 N–H and O–H groups in total. The van der Waals surface area contributed by atoms with E-state index in [1.54, 1.807) is 0 Å². The monoisotopic (exact) mass is 231 g/mol. The lowest BCUT2D eigenvalue weighted by molar-refractivity contribution is 1.41. The smallest absolute Gasteiger partial charge is 0.0708 e. The Hall–Kier alpha value is -2.41. The Morgan fingerprint density at radius 1 is 0.833 bits per heavy atom. The third kappa shape index (κ3) is 1.70. The molecule has 3 aromatic rings. The summed E-state index contributed by atoms with van der Waals surface area (Å²) in [6, 6.07) is 18.6. The first kappa shape index (κ1) is 10.7. The molecular weight excluding hydrogens is 218 g/mol. The Morgan fingerprint density at radius 3 is 2.50 bits per heavy atom. The molecule has 0 spiro atoms. The van der Waals surface area contributed by atoms with Crippen LogP contribution in [0.1, 0.15) is 5.56 Å². The molecular formula is C17H13N. The fourth-order valence-electron chi connectivity index (χ4n) is 2.25. The van der Waals surface area contributed by atoms with Gasteiger partial charge in [-0.3, -0.25) is 4.98 Å². The van der Waals surface area contributed by atoms with Crippen LogP contribution in [-0.2, 0) is 0 Å². The number of hydrogen-bond acceptors (Lipinski definition) is 1. The van der Waals surface area contributed by atoms with Crippen molar-refractivity contribution in [2.24, 2.45) is 0 Å². The van der Waals surface area contributed by atoms with E-state index in [2.05, 4.69) is 41.9 Å². The van der Waals surface area contributed by atoms with E-state index < -0.39 is 0 Å². The Labute approximate surface area is 106 Å². The quantitative estimate of drug-likeness (QED) is 0.630. The molecule has 1 nitrogen and oxygen atoms in total. The zero-order valence-corrected chi connectivity index (χ0v) is 10.0. The standard InChI is InChI=1S/C17H13N/c1-2-13-7-3-4-8-14(13)15-11-12-18-17-10-6-5-9-16(15)17/h2-12H,1H2. The van der Waals surface area contributed by atoms with E-state index in [-0.39, 0.29) is 0 Å². The van der Waals surface area contributed by atoms with Crippen molar-refractivity contribution in [1.29, 1.82) is 0 Å². The number of rotatable bonds is 2. The summed E-state index contributed by atoms with van der Waals surface area (Å²) in [5, 5.41) is 1.18. The molecule has 1 aromatic heterocycles. The van der Waals surface area contributed by atoms with Gasteiger partial charge in [0, 0.05) is 11.6 Å². The lowest BCUT2D eigenvalue weighted by Gasteiger charge is -2.09. The molecule has 0 aliphatic rings. The predicted octanol–water partition coefficient (Wildman–Crippen LogP) is 4.54. The maximum absolute atomic E-state index is 4.40. The van der Waals surface area contributed by atoms with E-state index in [4.69, 9.17) is 0 Å². The molecule has 0 aliphatic carbocycles. The molecule has 1 heteroatoms. The van der Waals surface area contributed by atoms with Crippen molar-refractivity contribution < 1.29 is 0 Å². The Morgan fingerprint density at radius 2 is 1.61 bits per heavy atom. The van der Waals surface area contributed by atoms with Crippen LogP contribution in [0, 0.1) is 0 Å². The van der Waals surface area contributed by atoms with E-state index in [0.717, 1.165) is 11.1 Å². The van der Waals surface area contributed by atoms with Crippen LogP contribution in [0.3, 0.4) is 0 Å². The average molecular weight is 231 g/mol. The van der Waals surface area contributed by atoms with E-state index >= 15 is 0 Å². The highest BCUT2D eigenvalue weighted by atomic mass is 14.6. The zero-order chi connectivity index (χ0) is 12.4. The van der Waals surface area contributed by atoms with Gasteiger partial charge >= 0.3 is 0 Å². The van der Waals surface area contributed by atoms with Crippen LogP contribution >= 0.6 is 0 Å². The van der Waals surface area contributed by atoms with Crippen molar-refractivity contribution >= 4 is 17.0 Å². The number of pyridine rings is 1. The second kappa shape index (κ2) is 4.46. The first-order valence-corrected chi connectivity index (χ1v) is 5.96. The normalized spacial score (nSPS) is 10.4. The Kier molecular flexibility index (Phi) is 2.66. The molecule has 0 saturated carbocycles. The molecule has 0 unspecified atom stereocenters. The van der Waals surface area contributed by atoms with Crippen LogP contribution in [0.2, 0.25) is 0 Å². The maximum atomic E-state index is 4.40. The van der Waals surface area contributed by atoms with Crippen molar-refractivity contribution in [3.8, 4) is 11.1 Å². The van der Waals surface area contributed by atoms with Crippen molar-refractivity contribution in [2.45, 2.75) is 0 Å². The minimum absolute atomic E-state index is 1.02. The van der Waals surface area contributed by atoms with Gasteiger partial charge in [0.05, 0.1) is 5.52 Å². The summed E-state index contributed by atoms with van der Waals surface area (Å²) >= 11 is 0. The summed E-state index contributed by atoms with van der Waals surface area (Å²) in [6.07, 6.45) is 3.75. The molecule has 0 atom stereocenters. The molecule has 0 aliphatic heterocycles. The highest BCUT2D eigenvalue weighted by molar-refractivity contribution is 5.96. The third-order valence-corrected chi connectivity index (χ3v) is 3.12. The molecule has 0 bridgehead atoms. The predicted molar refractivity (Wildman–Crippen MR) is 77.3 cm³/mol. The van der Waals surface area contributed by atoms with Gasteiger partial charge in [0.1, 0.15) is 0 Å². The highest BCUT2D eigenvalue weighted by Gasteiger charge is 2.06. The summed E-state index contributed by atoms with van der Waals surface area (Å²) in [5.41, 5.74) is 4.57.